The van der Waals surface area contributed by atoms with Crippen molar-refractivity contribution in [2.75, 3.05) is 7.11 Å². The second kappa shape index (κ2) is 4.95. The molecule has 0 fully saturated rings. The number of fused-ring (bicyclic) bond motifs is 3. The molecule has 0 bridgehead atoms. The van der Waals surface area contributed by atoms with Gasteiger partial charge in [0.1, 0.15) is 5.75 Å². The first-order valence-electron chi connectivity index (χ1n) is 7.10. The van der Waals surface area contributed by atoms with Gasteiger partial charge in [-0.3, -0.25) is 4.79 Å². The van der Waals surface area contributed by atoms with E-state index in [1.54, 1.807) is 7.11 Å². The Labute approximate surface area is 123 Å². The van der Waals surface area contributed by atoms with Crippen LogP contribution >= 0.6 is 0 Å². The smallest absolute Gasteiger partial charge is 0.304 e. The number of methoxy groups -OCH3 is 1. The largest absolute Gasteiger partial charge is 0.497 e. The lowest BCUT2D eigenvalue weighted by atomic mass is 9.98. The maximum absolute atomic E-state index is 11.0. The molecule has 1 unspecified atom stereocenters. The molecule has 0 saturated carbocycles. The number of rotatable bonds is 4. The average molecular weight is 285 g/mol. The lowest BCUT2D eigenvalue weighted by molar-refractivity contribution is -0.137. The highest BCUT2D eigenvalue weighted by Gasteiger charge is 2.27. The molecule has 4 nitrogen and oxygen atoms in total. The number of ether oxygens (including phenoxy) is 1. The second-order valence-corrected chi connectivity index (χ2v) is 5.69. The maximum atomic E-state index is 11.0. The second-order valence-electron chi connectivity index (χ2n) is 5.69. The van der Waals surface area contributed by atoms with Gasteiger partial charge in [0.25, 0.3) is 0 Å². The molecular formula is C17H19NO3. The van der Waals surface area contributed by atoms with Crippen LogP contribution in [-0.4, -0.2) is 22.8 Å². The fourth-order valence-corrected chi connectivity index (χ4v) is 3.26. The minimum atomic E-state index is -0.739. The fourth-order valence-electron chi connectivity index (χ4n) is 3.26. The summed E-state index contributed by atoms with van der Waals surface area (Å²) in [7, 11) is 1.66. The zero-order chi connectivity index (χ0) is 15.1. The summed E-state index contributed by atoms with van der Waals surface area (Å²) in [5.74, 6) is 0.165. The Morgan fingerprint density at radius 1 is 1.48 bits per heavy atom. The Balaban J connectivity index is 2.20. The standard InChI is InChI=1S/C17H19NO3/c1-10(2)13-7-12(21-3)8-16-14(13)9-15-11(6-17(19)20)4-5-18(15)16/h7-9,11H,1,4-6H2,2-3H3,(H,19,20). The van der Waals surface area contributed by atoms with Crippen LogP contribution < -0.4 is 4.74 Å². The summed E-state index contributed by atoms with van der Waals surface area (Å²) in [6.07, 6.45) is 1.08. The van der Waals surface area contributed by atoms with Crippen molar-refractivity contribution in [3.8, 4) is 5.75 Å². The van der Waals surface area contributed by atoms with Gasteiger partial charge in [0.15, 0.2) is 0 Å². The molecule has 1 aliphatic rings. The number of carboxylic acids is 1. The van der Waals surface area contributed by atoms with Gasteiger partial charge in [0, 0.05) is 29.6 Å². The molecule has 1 aromatic carbocycles. The molecule has 3 rings (SSSR count). The lowest BCUT2D eigenvalue weighted by Crippen LogP contribution is -2.02. The molecule has 21 heavy (non-hydrogen) atoms. The third-order valence-electron chi connectivity index (χ3n) is 4.26. The molecule has 110 valence electrons. The molecule has 1 aromatic heterocycles. The predicted molar refractivity (Wildman–Crippen MR) is 82.8 cm³/mol. The number of aromatic nitrogens is 1. The van der Waals surface area contributed by atoms with Crippen LogP contribution in [0, 0.1) is 0 Å². The summed E-state index contributed by atoms with van der Waals surface area (Å²) in [6.45, 7) is 6.88. The zero-order valence-electron chi connectivity index (χ0n) is 12.3. The first-order valence-corrected chi connectivity index (χ1v) is 7.10. The van der Waals surface area contributed by atoms with Crippen LogP contribution in [0.15, 0.2) is 24.8 Å². The number of benzene rings is 1. The molecule has 0 aliphatic carbocycles. The number of hydrogen-bond acceptors (Lipinski definition) is 2. The average Bonchev–Trinajstić information content (AvgIpc) is 2.97. The van der Waals surface area contributed by atoms with Crippen molar-refractivity contribution in [2.24, 2.45) is 0 Å². The number of nitrogens with zero attached hydrogens (tertiary/aromatic N) is 1. The van der Waals surface area contributed by atoms with Crippen molar-refractivity contribution in [3.63, 3.8) is 0 Å². The van der Waals surface area contributed by atoms with Crippen molar-refractivity contribution in [1.82, 2.24) is 4.57 Å². The highest BCUT2D eigenvalue weighted by atomic mass is 16.5. The summed E-state index contributed by atoms with van der Waals surface area (Å²) >= 11 is 0. The topological polar surface area (TPSA) is 51.5 Å². The normalized spacial score (nSPS) is 17.0. The molecule has 1 N–H and O–H groups in total. The molecule has 1 atom stereocenters. The molecular weight excluding hydrogens is 266 g/mol. The molecule has 1 aliphatic heterocycles. The number of carbonyl (C=O) groups is 1. The van der Waals surface area contributed by atoms with E-state index >= 15 is 0 Å². The van der Waals surface area contributed by atoms with E-state index in [9.17, 15) is 4.79 Å². The summed E-state index contributed by atoms with van der Waals surface area (Å²) < 4.78 is 7.61. The highest BCUT2D eigenvalue weighted by molar-refractivity contribution is 5.94. The van der Waals surface area contributed by atoms with Gasteiger partial charge in [-0.2, -0.15) is 0 Å². The van der Waals surface area contributed by atoms with Crippen LogP contribution in [0.1, 0.15) is 36.9 Å². The lowest BCUT2D eigenvalue weighted by Gasteiger charge is -2.08. The molecule has 0 amide bonds. The van der Waals surface area contributed by atoms with Crippen molar-refractivity contribution in [2.45, 2.75) is 32.2 Å². The molecule has 0 spiro atoms. The molecule has 2 aromatic rings. The van der Waals surface area contributed by atoms with Gasteiger partial charge >= 0.3 is 5.97 Å². The van der Waals surface area contributed by atoms with Gasteiger partial charge in [0.05, 0.1) is 19.0 Å². The monoisotopic (exact) mass is 285 g/mol. The number of allylic oxidation sites excluding steroid dienone is 1. The number of aliphatic carboxylic acids is 1. The van der Waals surface area contributed by atoms with E-state index in [2.05, 4.69) is 17.2 Å². The van der Waals surface area contributed by atoms with Gasteiger partial charge in [-0.1, -0.05) is 12.2 Å². The Kier molecular flexibility index (Phi) is 3.24. The number of aryl methyl sites for hydroxylation is 1. The third-order valence-corrected chi connectivity index (χ3v) is 4.26. The van der Waals surface area contributed by atoms with E-state index in [4.69, 9.17) is 9.84 Å². The Morgan fingerprint density at radius 3 is 2.86 bits per heavy atom. The zero-order valence-corrected chi connectivity index (χ0v) is 12.3. The van der Waals surface area contributed by atoms with Gasteiger partial charge < -0.3 is 14.4 Å². The van der Waals surface area contributed by atoms with Gasteiger partial charge in [0.2, 0.25) is 0 Å². The maximum Gasteiger partial charge on any atom is 0.304 e. The van der Waals surface area contributed by atoms with E-state index in [0.29, 0.717) is 0 Å². The minimum Gasteiger partial charge on any atom is -0.497 e. The Hall–Kier alpha value is -2.23. The third kappa shape index (κ3) is 2.20. The van der Waals surface area contributed by atoms with Crippen LogP contribution in [-0.2, 0) is 11.3 Å². The van der Waals surface area contributed by atoms with Crippen LogP contribution in [0.25, 0.3) is 16.5 Å². The van der Waals surface area contributed by atoms with Gasteiger partial charge in [-0.15, -0.1) is 0 Å². The number of hydrogen-bond donors (Lipinski definition) is 1. The fraction of sp³-hybridized carbons (Fsp3) is 0.353. The first-order chi connectivity index (χ1) is 10.0. The van der Waals surface area contributed by atoms with Crippen LogP contribution in [0.2, 0.25) is 0 Å². The van der Waals surface area contributed by atoms with Crippen LogP contribution in [0.4, 0.5) is 0 Å². The van der Waals surface area contributed by atoms with Gasteiger partial charge in [-0.25, -0.2) is 0 Å². The van der Waals surface area contributed by atoms with Crippen molar-refractivity contribution in [3.05, 3.63) is 36.0 Å². The molecule has 0 saturated heterocycles. The van der Waals surface area contributed by atoms with E-state index in [1.807, 2.05) is 19.1 Å². The highest BCUT2D eigenvalue weighted by Crippen LogP contribution is 2.39. The Morgan fingerprint density at radius 2 is 2.24 bits per heavy atom. The molecule has 0 radical (unpaired) electrons. The van der Waals surface area contributed by atoms with Crippen molar-refractivity contribution >= 4 is 22.4 Å². The van der Waals surface area contributed by atoms with Crippen LogP contribution in [0.3, 0.4) is 0 Å². The summed E-state index contributed by atoms with van der Waals surface area (Å²) in [4.78, 5) is 11.0. The van der Waals surface area contributed by atoms with Crippen LogP contribution in [0.5, 0.6) is 5.75 Å². The SMILES string of the molecule is C=C(C)c1cc(OC)cc2c1cc1n2CCC1CC(=O)O. The summed E-state index contributed by atoms with van der Waals surface area (Å²) in [6, 6.07) is 6.14. The first kappa shape index (κ1) is 13.7. The molecule has 4 heteroatoms. The van der Waals surface area contributed by atoms with Crippen molar-refractivity contribution in [1.29, 1.82) is 0 Å². The van der Waals surface area contributed by atoms with Gasteiger partial charge in [-0.05, 0) is 31.0 Å². The minimum absolute atomic E-state index is 0.0962. The summed E-state index contributed by atoms with van der Waals surface area (Å²) in [5, 5.41) is 10.2. The van der Waals surface area contributed by atoms with E-state index in [1.165, 1.54) is 0 Å². The quantitative estimate of drug-likeness (QED) is 0.933. The molecule has 2 heterocycles. The van der Waals surface area contributed by atoms with E-state index < -0.39 is 5.97 Å². The van der Waals surface area contributed by atoms with Crippen molar-refractivity contribution < 1.29 is 14.6 Å². The van der Waals surface area contributed by atoms with E-state index in [-0.39, 0.29) is 12.3 Å². The predicted octanol–water partition coefficient (Wildman–Crippen LogP) is 3.65. The summed E-state index contributed by atoms with van der Waals surface area (Å²) in [5.41, 5.74) is 4.27. The van der Waals surface area contributed by atoms with E-state index in [0.717, 1.165) is 46.4 Å². The Bertz CT molecular complexity index is 742. The number of carboxylic acid groups (broad SMARTS) is 1.